The first kappa shape index (κ1) is 27.6. The third kappa shape index (κ3) is 9.27. The fourth-order valence-electron chi connectivity index (χ4n) is 4.66. The number of rotatable bonds is 15. The van der Waals surface area contributed by atoms with Crippen molar-refractivity contribution in [1.29, 1.82) is 0 Å². The summed E-state index contributed by atoms with van der Waals surface area (Å²) in [4.78, 5) is 11.5. The van der Waals surface area contributed by atoms with Gasteiger partial charge in [0.2, 0.25) is 0 Å². The van der Waals surface area contributed by atoms with E-state index in [1.165, 1.54) is 55.5 Å². The highest BCUT2D eigenvalue weighted by molar-refractivity contribution is 7.57. The summed E-state index contributed by atoms with van der Waals surface area (Å²) in [7, 11) is -3.39. The molecule has 0 radical (unpaired) electrons. The number of aryl methyl sites for hydroxylation is 1. The van der Waals surface area contributed by atoms with E-state index in [-0.39, 0.29) is 19.1 Å². The number of hydrogen-bond acceptors (Lipinski definition) is 4. The summed E-state index contributed by atoms with van der Waals surface area (Å²) in [5.41, 5.74) is 1.80. The van der Waals surface area contributed by atoms with E-state index >= 15 is 0 Å². The highest BCUT2D eigenvalue weighted by Crippen LogP contribution is 2.51. The molecule has 0 saturated heterocycles. The van der Waals surface area contributed by atoms with Crippen LogP contribution in [-0.4, -0.2) is 30.0 Å². The molecule has 186 valence electrons. The van der Waals surface area contributed by atoms with E-state index in [2.05, 4.69) is 36.5 Å². The predicted molar refractivity (Wildman–Crippen MR) is 134 cm³/mol. The molecule has 0 spiro atoms. The third-order valence-electron chi connectivity index (χ3n) is 6.37. The van der Waals surface area contributed by atoms with Gasteiger partial charge < -0.3 is 19.5 Å². The normalized spacial score (nSPS) is 21.0. The molecule has 6 nitrogen and oxygen atoms in total. The summed E-state index contributed by atoms with van der Waals surface area (Å²) in [6, 6.07) is 8.78. The van der Waals surface area contributed by atoms with Gasteiger partial charge in [-0.2, -0.15) is 0 Å². The van der Waals surface area contributed by atoms with E-state index in [1.807, 2.05) is 0 Å². The van der Waals surface area contributed by atoms with Crippen molar-refractivity contribution in [3.63, 3.8) is 0 Å². The van der Waals surface area contributed by atoms with Gasteiger partial charge in [0.15, 0.2) is 0 Å². The topological polar surface area (TPSA) is 84.9 Å². The van der Waals surface area contributed by atoms with Crippen LogP contribution in [-0.2, 0) is 20.0 Å². The minimum atomic E-state index is -3.39. The zero-order chi connectivity index (χ0) is 24.2. The maximum atomic E-state index is 12.8. The maximum absolute atomic E-state index is 12.8. The number of benzene rings is 1. The number of nitrogens with one attached hydrogen (secondary N) is 1. The van der Waals surface area contributed by atoms with Crippen LogP contribution in [0.4, 0.5) is 4.79 Å². The molecule has 1 aliphatic carbocycles. The maximum Gasteiger partial charge on any atom is 0.405 e. The second kappa shape index (κ2) is 13.9. The zero-order valence-electron chi connectivity index (χ0n) is 20.6. The monoisotopic (exact) mass is 479 g/mol. The van der Waals surface area contributed by atoms with Gasteiger partial charge in [-0.05, 0) is 63.0 Å². The lowest BCUT2D eigenvalue weighted by atomic mass is 9.91. The van der Waals surface area contributed by atoms with Crippen LogP contribution in [0.2, 0.25) is 0 Å². The van der Waals surface area contributed by atoms with Gasteiger partial charge in [0, 0.05) is 5.82 Å². The van der Waals surface area contributed by atoms with Crippen molar-refractivity contribution in [1.82, 2.24) is 5.32 Å². The number of carbonyl (C=O) groups is 1. The molecule has 1 aromatic rings. The lowest BCUT2D eigenvalue weighted by molar-refractivity contribution is 0.183. The Hall–Kier alpha value is -1.62. The SMILES string of the molecule is CCCCCCCCc1ccc(C2CC[C@@](/C=C/P(=O)(OCC)OCC)(NC(=O)O)C2)cc1. The Morgan fingerprint density at radius 3 is 2.33 bits per heavy atom. The average molecular weight is 480 g/mol. The molecule has 1 aliphatic rings. The number of carboxylic acid groups (broad SMARTS) is 1. The first-order valence-corrected chi connectivity index (χ1v) is 14.2. The number of amides is 1. The zero-order valence-corrected chi connectivity index (χ0v) is 21.4. The number of hydrogen-bond donors (Lipinski definition) is 2. The average Bonchev–Trinajstić information content (AvgIpc) is 3.19. The molecule has 1 saturated carbocycles. The minimum Gasteiger partial charge on any atom is -0.465 e. The van der Waals surface area contributed by atoms with Crippen molar-refractivity contribution >= 4 is 13.7 Å². The Bertz CT molecular complexity index is 784. The Morgan fingerprint density at radius 2 is 1.73 bits per heavy atom. The van der Waals surface area contributed by atoms with E-state index in [9.17, 15) is 14.5 Å². The molecule has 0 aliphatic heterocycles. The Balaban J connectivity index is 2.01. The van der Waals surface area contributed by atoms with Crippen LogP contribution in [0.5, 0.6) is 0 Å². The summed E-state index contributed by atoms with van der Waals surface area (Å²) >= 11 is 0. The van der Waals surface area contributed by atoms with Crippen molar-refractivity contribution in [2.45, 2.75) is 96.4 Å². The molecular formula is C26H42NO5P. The highest BCUT2D eigenvalue weighted by atomic mass is 31.2. The molecule has 0 bridgehead atoms. The smallest absolute Gasteiger partial charge is 0.405 e. The quantitative estimate of drug-likeness (QED) is 0.199. The molecule has 2 rings (SSSR count). The van der Waals surface area contributed by atoms with E-state index in [4.69, 9.17) is 9.05 Å². The summed E-state index contributed by atoms with van der Waals surface area (Å²) in [6.45, 7) is 6.27. The predicted octanol–water partition coefficient (Wildman–Crippen LogP) is 7.64. The fourth-order valence-corrected chi connectivity index (χ4v) is 6.10. The second-order valence-electron chi connectivity index (χ2n) is 8.98. The van der Waals surface area contributed by atoms with Gasteiger partial charge in [-0.25, -0.2) is 4.79 Å². The molecule has 2 atom stereocenters. The second-order valence-corrected chi connectivity index (χ2v) is 10.9. The van der Waals surface area contributed by atoms with Crippen LogP contribution in [0.1, 0.15) is 95.6 Å². The van der Waals surface area contributed by atoms with E-state index in [1.54, 1.807) is 19.9 Å². The Morgan fingerprint density at radius 1 is 1.09 bits per heavy atom. The van der Waals surface area contributed by atoms with Crippen LogP contribution in [0.15, 0.2) is 36.2 Å². The van der Waals surface area contributed by atoms with Crippen LogP contribution in [0, 0.1) is 0 Å². The standard InChI is InChI=1S/C26H42NO5P/c1-4-7-8-9-10-11-12-22-13-15-23(16-14-22)24-17-18-26(21-24,27-25(28)29)19-20-33(30,31-5-2)32-6-3/h13-16,19-20,24,27H,4-12,17-18,21H2,1-3H3,(H,28,29)/b20-19+/t24?,26-/m0/s1. The van der Waals surface area contributed by atoms with E-state index < -0.39 is 19.2 Å². The fraction of sp³-hybridized carbons (Fsp3) is 0.654. The first-order chi connectivity index (χ1) is 15.9. The molecule has 1 amide bonds. The van der Waals surface area contributed by atoms with Crippen LogP contribution in [0.3, 0.4) is 0 Å². The van der Waals surface area contributed by atoms with Gasteiger partial charge in [0.25, 0.3) is 0 Å². The Labute approximate surface area is 199 Å². The molecular weight excluding hydrogens is 437 g/mol. The van der Waals surface area contributed by atoms with Crippen LogP contribution in [0.25, 0.3) is 0 Å². The lowest BCUT2D eigenvalue weighted by Gasteiger charge is -2.26. The van der Waals surface area contributed by atoms with Gasteiger partial charge in [0.05, 0.1) is 18.8 Å². The van der Waals surface area contributed by atoms with Crippen molar-refractivity contribution in [2.24, 2.45) is 0 Å². The summed E-state index contributed by atoms with van der Waals surface area (Å²) in [6.07, 6.45) is 11.6. The number of unbranched alkanes of at least 4 members (excludes halogenated alkanes) is 5. The summed E-state index contributed by atoms with van der Waals surface area (Å²) in [5, 5.41) is 12.1. The first-order valence-electron chi connectivity index (χ1n) is 12.5. The van der Waals surface area contributed by atoms with Gasteiger partial charge >= 0.3 is 13.7 Å². The molecule has 0 heterocycles. The van der Waals surface area contributed by atoms with Crippen LogP contribution >= 0.6 is 7.60 Å². The lowest BCUT2D eigenvalue weighted by Crippen LogP contribution is -2.44. The largest absolute Gasteiger partial charge is 0.465 e. The van der Waals surface area contributed by atoms with Crippen molar-refractivity contribution in [3.8, 4) is 0 Å². The van der Waals surface area contributed by atoms with Crippen LogP contribution < -0.4 is 5.32 Å². The van der Waals surface area contributed by atoms with E-state index in [0.717, 1.165) is 12.8 Å². The highest BCUT2D eigenvalue weighted by Gasteiger charge is 2.40. The molecule has 1 fully saturated rings. The van der Waals surface area contributed by atoms with Crippen molar-refractivity contribution in [3.05, 3.63) is 47.3 Å². The summed E-state index contributed by atoms with van der Waals surface area (Å²) in [5.74, 6) is 1.67. The Kier molecular flexibility index (Phi) is 11.7. The third-order valence-corrected chi connectivity index (χ3v) is 8.12. The molecule has 7 heteroatoms. The molecule has 0 aromatic heterocycles. The molecule has 33 heavy (non-hydrogen) atoms. The van der Waals surface area contributed by atoms with Gasteiger partial charge in [0.1, 0.15) is 0 Å². The molecule has 2 N–H and O–H groups in total. The van der Waals surface area contributed by atoms with E-state index in [0.29, 0.717) is 12.8 Å². The molecule has 1 aromatic carbocycles. The van der Waals surface area contributed by atoms with Gasteiger partial charge in [-0.3, -0.25) is 4.57 Å². The minimum absolute atomic E-state index is 0.239. The van der Waals surface area contributed by atoms with Gasteiger partial charge in [-0.1, -0.05) is 69.4 Å². The van der Waals surface area contributed by atoms with Crippen molar-refractivity contribution in [2.75, 3.05) is 13.2 Å². The summed E-state index contributed by atoms with van der Waals surface area (Å²) < 4.78 is 23.5. The molecule has 1 unspecified atom stereocenters. The van der Waals surface area contributed by atoms with Crippen molar-refractivity contribution < 1.29 is 23.5 Å². The van der Waals surface area contributed by atoms with Gasteiger partial charge in [-0.15, -0.1) is 0 Å².